The van der Waals surface area contributed by atoms with Crippen LogP contribution in [0.25, 0.3) is 0 Å². The number of nitrogens with one attached hydrogen (secondary N) is 1. The lowest BCUT2D eigenvalue weighted by molar-refractivity contribution is -0.129. The highest BCUT2D eigenvalue weighted by atomic mass is 35.5. The molecule has 104 valence electrons. The smallest absolute Gasteiger partial charge is 0.265 e. The van der Waals surface area contributed by atoms with Crippen molar-refractivity contribution in [2.45, 2.75) is 36.9 Å². The van der Waals surface area contributed by atoms with Gasteiger partial charge in [0, 0.05) is 12.4 Å². The number of sulfonamides is 1. The maximum Gasteiger partial charge on any atom is 0.265 e. The van der Waals surface area contributed by atoms with Crippen LogP contribution >= 0.6 is 11.6 Å². The van der Waals surface area contributed by atoms with Crippen LogP contribution in [0, 0.1) is 0 Å². The molecule has 0 spiro atoms. The topological polar surface area (TPSA) is 85.4 Å². The Morgan fingerprint density at radius 1 is 1.47 bits per heavy atom. The summed E-state index contributed by atoms with van der Waals surface area (Å²) >= 11 is 5.67. The first-order valence-corrected chi connectivity index (χ1v) is 7.57. The molecule has 2 unspecified atom stereocenters. The molecule has 1 aromatic heterocycles. The maximum atomic E-state index is 11.9. The summed E-state index contributed by atoms with van der Waals surface area (Å²) in [6.45, 7) is 1.84. The standard InChI is InChI=1S/C11H13ClN2O4S/c1-7-2-3-10(18-7)11(15)14-19(16,17)9-4-8(12)5-13-6-9/h4-7,10H,2-3H2,1H3,(H,14,15). The molecular formula is C11H13ClN2O4S. The Balaban J connectivity index is 2.11. The van der Waals surface area contributed by atoms with Crippen molar-refractivity contribution < 1.29 is 17.9 Å². The third kappa shape index (κ3) is 3.43. The normalized spacial score (nSPS) is 23.3. The highest BCUT2D eigenvalue weighted by molar-refractivity contribution is 7.90. The van der Waals surface area contributed by atoms with Crippen molar-refractivity contribution in [1.82, 2.24) is 9.71 Å². The number of pyridine rings is 1. The van der Waals surface area contributed by atoms with Gasteiger partial charge in [0.25, 0.3) is 15.9 Å². The number of carbonyl (C=O) groups is 1. The summed E-state index contributed by atoms with van der Waals surface area (Å²) in [5, 5.41) is 0.182. The lowest BCUT2D eigenvalue weighted by atomic mass is 10.2. The van der Waals surface area contributed by atoms with Crippen LogP contribution in [0.1, 0.15) is 19.8 Å². The molecule has 0 aliphatic carbocycles. The summed E-state index contributed by atoms with van der Waals surface area (Å²) in [4.78, 5) is 15.3. The third-order valence-corrected chi connectivity index (χ3v) is 4.27. The molecule has 1 N–H and O–H groups in total. The second kappa shape index (κ2) is 5.44. The third-order valence-electron chi connectivity index (χ3n) is 2.75. The quantitative estimate of drug-likeness (QED) is 0.904. The van der Waals surface area contributed by atoms with Crippen LogP contribution in [0.2, 0.25) is 5.02 Å². The highest BCUT2D eigenvalue weighted by Gasteiger charge is 2.31. The predicted molar refractivity (Wildman–Crippen MR) is 68.1 cm³/mol. The Labute approximate surface area is 116 Å². The number of nitrogens with zero attached hydrogens (tertiary/aromatic N) is 1. The van der Waals surface area contributed by atoms with Gasteiger partial charge in [-0.3, -0.25) is 9.78 Å². The van der Waals surface area contributed by atoms with Gasteiger partial charge in [0.2, 0.25) is 0 Å². The summed E-state index contributed by atoms with van der Waals surface area (Å²) in [6.07, 6.45) is 2.92. The minimum absolute atomic E-state index is 0.0358. The highest BCUT2D eigenvalue weighted by Crippen LogP contribution is 2.20. The molecule has 1 fully saturated rings. The van der Waals surface area contributed by atoms with Gasteiger partial charge in [0.05, 0.1) is 11.1 Å². The number of hydrogen-bond acceptors (Lipinski definition) is 5. The van der Waals surface area contributed by atoms with Gasteiger partial charge in [-0.2, -0.15) is 0 Å². The molecular weight excluding hydrogens is 292 g/mol. The largest absolute Gasteiger partial charge is 0.365 e. The van der Waals surface area contributed by atoms with E-state index in [0.717, 1.165) is 12.6 Å². The van der Waals surface area contributed by atoms with Gasteiger partial charge < -0.3 is 4.74 Å². The minimum atomic E-state index is -3.96. The van der Waals surface area contributed by atoms with E-state index in [4.69, 9.17) is 16.3 Å². The number of carbonyl (C=O) groups excluding carboxylic acids is 1. The van der Waals surface area contributed by atoms with Crippen molar-refractivity contribution in [3.8, 4) is 0 Å². The first-order chi connectivity index (χ1) is 8.88. The second-order valence-electron chi connectivity index (χ2n) is 4.32. The average Bonchev–Trinajstić information content (AvgIpc) is 2.75. The zero-order chi connectivity index (χ0) is 14.0. The van der Waals surface area contributed by atoms with Gasteiger partial charge in [-0.25, -0.2) is 13.1 Å². The molecule has 1 aliphatic rings. The predicted octanol–water partition coefficient (Wildman–Crippen LogP) is 1.11. The van der Waals surface area contributed by atoms with Gasteiger partial charge >= 0.3 is 0 Å². The van der Waals surface area contributed by atoms with Gasteiger partial charge in [-0.15, -0.1) is 0 Å². The van der Waals surface area contributed by atoms with E-state index in [1.807, 2.05) is 11.6 Å². The summed E-state index contributed by atoms with van der Waals surface area (Å²) in [5.74, 6) is -0.663. The molecule has 1 aliphatic heterocycles. The molecule has 2 atom stereocenters. The Morgan fingerprint density at radius 3 is 2.79 bits per heavy atom. The number of ether oxygens (including phenoxy) is 1. The molecule has 1 amide bonds. The SMILES string of the molecule is CC1CCC(C(=O)NS(=O)(=O)c2cncc(Cl)c2)O1. The van der Waals surface area contributed by atoms with Crippen molar-refractivity contribution in [2.24, 2.45) is 0 Å². The van der Waals surface area contributed by atoms with E-state index in [1.165, 1.54) is 12.3 Å². The number of aromatic nitrogens is 1. The lowest BCUT2D eigenvalue weighted by Crippen LogP contribution is -2.38. The Kier molecular flexibility index (Phi) is 4.07. The van der Waals surface area contributed by atoms with Crippen LogP contribution in [0.3, 0.4) is 0 Å². The van der Waals surface area contributed by atoms with Crippen LogP contribution in [0.15, 0.2) is 23.4 Å². The number of rotatable bonds is 3. The Hall–Kier alpha value is -1.18. The molecule has 2 rings (SSSR count). The second-order valence-corrected chi connectivity index (χ2v) is 6.44. The number of halogens is 1. The molecule has 6 nitrogen and oxygen atoms in total. The van der Waals surface area contributed by atoms with Gasteiger partial charge in [-0.05, 0) is 25.8 Å². The molecule has 19 heavy (non-hydrogen) atoms. The van der Waals surface area contributed by atoms with Crippen LogP contribution in [0.5, 0.6) is 0 Å². The fourth-order valence-corrected chi connectivity index (χ4v) is 3.03. The van der Waals surface area contributed by atoms with E-state index >= 15 is 0 Å². The first-order valence-electron chi connectivity index (χ1n) is 5.71. The summed E-state index contributed by atoms with van der Waals surface area (Å²) in [6, 6.07) is 1.22. The summed E-state index contributed by atoms with van der Waals surface area (Å²) in [7, 11) is -3.96. The monoisotopic (exact) mass is 304 g/mol. The van der Waals surface area contributed by atoms with Crippen molar-refractivity contribution in [3.63, 3.8) is 0 Å². The van der Waals surface area contributed by atoms with Crippen molar-refractivity contribution >= 4 is 27.5 Å². The fraction of sp³-hybridized carbons (Fsp3) is 0.455. The fourth-order valence-electron chi connectivity index (χ4n) is 1.79. The molecule has 0 radical (unpaired) electrons. The van der Waals surface area contributed by atoms with Gasteiger partial charge in [0.15, 0.2) is 0 Å². The van der Waals surface area contributed by atoms with E-state index in [0.29, 0.717) is 6.42 Å². The number of hydrogen-bond donors (Lipinski definition) is 1. The molecule has 2 heterocycles. The summed E-state index contributed by atoms with van der Waals surface area (Å²) < 4.78 is 31.2. The molecule has 1 aromatic rings. The molecule has 0 aromatic carbocycles. The van der Waals surface area contributed by atoms with Crippen molar-refractivity contribution in [2.75, 3.05) is 0 Å². The van der Waals surface area contributed by atoms with Gasteiger partial charge in [0.1, 0.15) is 11.0 Å². The van der Waals surface area contributed by atoms with E-state index in [9.17, 15) is 13.2 Å². The average molecular weight is 305 g/mol. The Morgan fingerprint density at radius 2 is 2.21 bits per heavy atom. The first kappa shape index (κ1) is 14.2. The molecule has 8 heteroatoms. The molecule has 0 bridgehead atoms. The lowest BCUT2D eigenvalue weighted by Gasteiger charge is -2.12. The zero-order valence-electron chi connectivity index (χ0n) is 10.2. The van der Waals surface area contributed by atoms with E-state index in [1.54, 1.807) is 0 Å². The van der Waals surface area contributed by atoms with Crippen molar-refractivity contribution in [1.29, 1.82) is 0 Å². The summed E-state index contributed by atoms with van der Waals surface area (Å²) in [5.41, 5.74) is 0. The number of amides is 1. The van der Waals surface area contributed by atoms with Crippen LogP contribution in [0.4, 0.5) is 0 Å². The van der Waals surface area contributed by atoms with E-state index in [2.05, 4.69) is 4.98 Å². The van der Waals surface area contributed by atoms with Crippen LogP contribution in [-0.4, -0.2) is 31.5 Å². The molecule has 1 saturated heterocycles. The minimum Gasteiger partial charge on any atom is -0.365 e. The van der Waals surface area contributed by atoms with E-state index < -0.39 is 22.0 Å². The van der Waals surface area contributed by atoms with Gasteiger partial charge in [-0.1, -0.05) is 11.6 Å². The zero-order valence-corrected chi connectivity index (χ0v) is 11.7. The maximum absolute atomic E-state index is 11.9. The Bertz CT molecular complexity index is 590. The molecule has 0 saturated carbocycles. The van der Waals surface area contributed by atoms with Crippen LogP contribution in [-0.2, 0) is 19.6 Å². The van der Waals surface area contributed by atoms with E-state index in [-0.39, 0.29) is 16.0 Å². The van der Waals surface area contributed by atoms with Crippen molar-refractivity contribution in [3.05, 3.63) is 23.5 Å². The van der Waals surface area contributed by atoms with Crippen LogP contribution < -0.4 is 4.72 Å².